The predicted octanol–water partition coefficient (Wildman–Crippen LogP) is 2.74. The third kappa shape index (κ3) is 4.79. The van der Waals surface area contributed by atoms with Crippen LogP contribution in [-0.2, 0) is 4.79 Å². The summed E-state index contributed by atoms with van der Waals surface area (Å²) in [4.78, 5) is 10.7. The van der Waals surface area contributed by atoms with Crippen LogP contribution >= 0.6 is 0 Å². The van der Waals surface area contributed by atoms with E-state index in [0.717, 1.165) is 32.1 Å². The van der Waals surface area contributed by atoms with Crippen LogP contribution in [0.2, 0.25) is 0 Å². The molecule has 0 aromatic carbocycles. The number of allylic oxidation sites excluding steroid dienone is 2. The SMILES string of the molecule is CC(C)(O)CCCC1=CCC(C(=O)O)CC1. The van der Waals surface area contributed by atoms with Crippen LogP contribution in [0.3, 0.4) is 0 Å². The molecule has 1 aliphatic carbocycles. The molecule has 1 atom stereocenters. The van der Waals surface area contributed by atoms with Crippen molar-refractivity contribution >= 4 is 5.97 Å². The van der Waals surface area contributed by atoms with Crippen molar-refractivity contribution in [2.24, 2.45) is 5.92 Å². The summed E-state index contributed by atoms with van der Waals surface area (Å²) in [7, 11) is 0. The summed E-state index contributed by atoms with van der Waals surface area (Å²) in [5.74, 6) is -0.857. The second-order valence-electron chi connectivity index (χ2n) is 5.34. The van der Waals surface area contributed by atoms with Crippen molar-refractivity contribution in [3.05, 3.63) is 11.6 Å². The quantitative estimate of drug-likeness (QED) is 0.709. The monoisotopic (exact) mass is 226 g/mol. The predicted molar refractivity (Wildman–Crippen MR) is 63.2 cm³/mol. The zero-order valence-corrected chi connectivity index (χ0v) is 10.2. The lowest BCUT2D eigenvalue weighted by Crippen LogP contribution is -2.18. The Morgan fingerprint density at radius 2 is 2.25 bits per heavy atom. The average Bonchev–Trinajstić information content (AvgIpc) is 2.16. The minimum Gasteiger partial charge on any atom is -0.481 e. The van der Waals surface area contributed by atoms with Gasteiger partial charge in [-0.3, -0.25) is 4.79 Å². The maximum atomic E-state index is 10.7. The number of rotatable bonds is 5. The Bertz CT molecular complexity index is 273. The first-order valence-electron chi connectivity index (χ1n) is 6.01. The van der Waals surface area contributed by atoms with Gasteiger partial charge in [-0.1, -0.05) is 11.6 Å². The minimum atomic E-state index is -0.674. The van der Waals surface area contributed by atoms with E-state index in [-0.39, 0.29) is 5.92 Å². The molecule has 1 aliphatic rings. The summed E-state index contributed by atoms with van der Waals surface area (Å²) in [5.41, 5.74) is 0.778. The lowest BCUT2D eigenvalue weighted by molar-refractivity contribution is -0.141. The smallest absolute Gasteiger partial charge is 0.306 e. The normalized spacial score (nSPS) is 21.7. The van der Waals surface area contributed by atoms with Crippen LogP contribution in [0.4, 0.5) is 0 Å². The van der Waals surface area contributed by atoms with Gasteiger partial charge in [-0.15, -0.1) is 0 Å². The number of carboxylic acids is 1. The van der Waals surface area contributed by atoms with Crippen molar-refractivity contribution in [1.82, 2.24) is 0 Å². The van der Waals surface area contributed by atoms with E-state index in [2.05, 4.69) is 6.08 Å². The molecule has 1 unspecified atom stereocenters. The lowest BCUT2D eigenvalue weighted by Gasteiger charge is -2.20. The van der Waals surface area contributed by atoms with Gasteiger partial charge in [0.15, 0.2) is 0 Å². The average molecular weight is 226 g/mol. The molecule has 0 aromatic rings. The van der Waals surface area contributed by atoms with E-state index in [4.69, 9.17) is 5.11 Å². The molecule has 1 rings (SSSR count). The van der Waals surface area contributed by atoms with Crippen LogP contribution in [-0.4, -0.2) is 21.8 Å². The molecule has 0 saturated carbocycles. The van der Waals surface area contributed by atoms with Crippen LogP contribution in [0.1, 0.15) is 52.4 Å². The standard InChI is InChI=1S/C13H22O3/c1-13(2,16)9-3-4-10-5-7-11(8-6-10)12(14)15/h5,11,16H,3-4,6-9H2,1-2H3,(H,14,15). The molecule has 16 heavy (non-hydrogen) atoms. The molecule has 0 aliphatic heterocycles. The molecule has 0 fully saturated rings. The molecule has 0 heterocycles. The fourth-order valence-corrected chi connectivity index (χ4v) is 2.09. The molecule has 0 aromatic heterocycles. The van der Waals surface area contributed by atoms with Gasteiger partial charge in [0.05, 0.1) is 11.5 Å². The van der Waals surface area contributed by atoms with Crippen molar-refractivity contribution in [1.29, 1.82) is 0 Å². The third-order valence-electron chi connectivity index (χ3n) is 3.14. The van der Waals surface area contributed by atoms with E-state index in [9.17, 15) is 9.90 Å². The fourth-order valence-electron chi connectivity index (χ4n) is 2.09. The Morgan fingerprint density at radius 3 is 2.69 bits per heavy atom. The maximum Gasteiger partial charge on any atom is 0.306 e. The van der Waals surface area contributed by atoms with Crippen molar-refractivity contribution in [2.45, 2.75) is 58.0 Å². The molecule has 0 saturated heterocycles. The highest BCUT2D eigenvalue weighted by atomic mass is 16.4. The minimum absolute atomic E-state index is 0.182. The number of carboxylic acid groups (broad SMARTS) is 1. The molecule has 3 heteroatoms. The Kier molecular flexibility index (Phi) is 4.54. The summed E-state index contributed by atoms with van der Waals surface area (Å²) < 4.78 is 0. The Labute approximate surface area is 97.2 Å². The topological polar surface area (TPSA) is 57.5 Å². The van der Waals surface area contributed by atoms with Crippen molar-refractivity contribution in [2.75, 3.05) is 0 Å². The summed E-state index contributed by atoms with van der Waals surface area (Å²) >= 11 is 0. The van der Waals surface area contributed by atoms with Gasteiger partial charge in [0.1, 0.15) is 0 Å². The highest BCUT2D eigenvalue weighted by Gasteiger charge is 2.20. The zero-order chi connectivity index (χ0) is 12.2. The highest BCUT2D eigenvalue weighted by molar-refractivity contribution is 5.70. The summed E-state index contributed by atoms with van der Waals surface area (Å²) in [6.45, 7) is 3.64. The van der Waals surface area contributed by atoms with Crippen molar-refractivity contribution < 1.29 is 15.0 Å². The molecule has 92 valence electrons. The third-order valence-corrected chi connectivity index (χ3v) is 3.14. The lowest BCUT2D eigenvalue weighted by atomic mass is 9.87. The van der Waals surface area contributed by atoms with E-state index in [1.54, 1.807) is 0 Å². The molecule has 3 nitrogen and oxygen atoms in total. The van der Waals surface area contributed by atoms with Crippen LogP contribution in [0, 0.1) is 5.92 Å². The van der Waals surface area contributed by atoms with Gasteiger partial charge >= 0.3 is 5.97 Å². The summed E-state index contributed by atoms with van der Waals surface area (Å²) in [6, 6.07) is 0. The van der Waals surface area contributed by atoms with Gasteiger partial charge in [-0.05, 0) is 52.4 Å². The van der Waals surface area contributed by atoms with Crippen LogP contribution in [0.25, 0.3) is 0 Å². The van der Waals surface area contributed by atoms with Gasteiger partial charge in [-0.25, -0.2) is 0 Å². The maximum absolute atomic E-state index is 10.7. The zero-order valence-electron chi connectivity index (χ0n) is 10.2. The molecular weight excluding hydrogens is 204 g/mol. The number of aliphatic hydroxyl groups is 1. The van der Waals surface area contributed by atoms with E-state index in [1.165, 1.54) is 5.57 Å². The fraction of sp³-hybridized carbons (Fsp3) is 0.769. The first-order valence-corrected chi connectivity index (χ1v) is 6.01. The van der Waals surface area contributed by atoms with Crippen LogP contribution in [0.5, 0.6) is 0 Å². The number of carbonyl (C=O) groups is 1. The molecule has 0 amide bonds. The Morgan fingerprint density at radius 1 is 1.56 bits per heavy atom. The first kappa shape index (κ1) is 13.2. The number of hydrogen-bond donors (Lipinski definition) is 2. The molecule has 2 N–H and O–H groups in total. The summed E-state index contributed by atoms with van der Waals surface area (Å²) in [5, 5.41) is 18.4. The van der Waals surface area contributed by atoms with Gasteiger partial charge in [0.2, 0.25) is 0 Å². The van der Waals surface area contributed by atoms with Gasteiger partial charge < -0.3 is 10.2 Å². The summed E-state index contributed by atoms with van der Waals surface area (Å²) in [6.07, 6.45) is 7.20. The van der Waals surface area contributed by atoms with Gasteiger partial charge in [-0.2, -0.15) is 0 Å². The van der Waals surface area contributed by atoms with Crippen molar-refractivity contribution in [3.8, 4) is 0 Å². The number of aliphatic carboxylic acids is 1. The van der Waals surface area contributed by atoms with E-state index >= 15 is 0 Å². The highest BCUT2D eigenvalue weighted by Crippen LogP contribution is 2.27. The van der Waals surface area contributed by atoms with E-state index in [0.29, 0.717) is 6.42 Å². The van der Waals surface area contributed by atoms with Crippen LogP contribution in [0.15, 0.2) is 11.6 Å². The van der Waals surface area contributed by atoms with Gasteiger partial charge in [0, 0.05) is 0 Å². The number of hydrogen-bond acceptors (Lipinski definition) is 2. The van der Waals surface area contributed by atoms with Crippen LogP contribution < -0.4 is 0 Å². The van der Waals surface area contributed by atoms with Crippen molar-refractivity contribution in [3.63, 3.8) is 0 Å². The second kappa shape index (κ2) is 5.48. The Hall–Kier alpha value is -0.830. The first-order chi connectivity index (χ1) is 7.38. The molecule has 0 radical (unpaired) electrons. The van der Waals surface area contributed by atoms with E-state index in [1.807, 2.05) is 13.8 Å². The molecule has 0 bridgehead atoms. The largest absolute Gasteiger partial charge is 0.481 e. The molecule has 0 spiro atoms. The Balaban J connectivity index is 2.28. The molecular formula is C13H22O3. The van der Waals surface area contributed by atoms with E-state index < -0.39 is 11.6 Å². The van der Waals surface area contributed by atoms with Gasteiger partial charge in [0.25, 0.3) is 0 Å². The second-order valence-corrected chi connectivity index (χ2v) is 5.34.